The molecule has 0 aliphatic heterocycles. The number of halogens is 16. The van der Waals surface area contributed by atoms with Crippen molar-refractivity contribution < 1.29 is 92.7 Å². The van der Waals surface area contributed by atoms with E-state index in [4.69, 9.17) is 8.23 Å². The molecule has 0 aromatic rings. The number of carbonyl (C=O) groups is 1. The van der Waals surface area contributed by atoms with Gasteiger partial charge >= 0.3 is 45.0 Å². The molecule has 0 aliphatic rings. The molecule has 2 atom stereocenters. The van der Waals surface area contributed by atoms with E-state index in [1.165, 1.54) is 6.92 Å². The van der Waals surface area contributed by atoms with Gasteiger partial charge in [-0.05, 0) is 82.6 Å². The summed E-state index contributed by atoms with van der Waals surface area (Å²) in [5, 5.41) is 0. The lowest BCUT2D eigenvalue weighted by Crippen LogP contribution is -2.54. The first-order chi connectivity index (χ1) is 22.9. The van der Waals surface area contributed by atoms with Crippen molar-refractivity contribution in [1.29, 1.82) is 0 Å². The quantitative estimate of drug-likeness (QED) is 0.0396. The van der Waals surface area contributed by atoms with Crippen LogP contribution >= 0.6 is 0 Å². The lowest BCUT2D eigenvalue weighted by Gasteiger charge is -2.41. The van der Waals surface area contributed by atoms with Gasteiger partial charge in [0.1, 0.15) is 0 Å². The molecule has 2 unspecified atom stereocenters. The highest BCUT2D eigenvalue weighted by molar-refractivity contribution is 6.88. The number of allylic oxidation sites excluding steroid dienone is 1. The zero-order valence-electron chi connectivity index (χ0n) is 29.2. The highest BCUT2D eigenvalue weighted by Crippen LogP contribution is 2.44. The smallest absolute Gasteiger partial charge is 0.422 e. The Balaban J connectivity index is 5.62. The molecule has 0 fully saturated rings. The maximum absolute atomic E-state index is 13.9. The molecule has 0 amide bonds. The van der Waals surface area contributed by atoms with Gasteiger partial charge in [-0.25, -0.2) is 8.78 Å². The van der Waals surface area contributed by atoms with E-state index >= 15 is 0 Å². The van der Waals surface area contributed by atoms with Gasteiger partial charge in [0.05, 0.1) is 26.1 Å². The van der Waals surface area contributed by atoms with E-state index in [1.807, 2.05) is 0 Å². The van der Waals surface area contributed by atoms with Crippen molar-refractivity contribution in [2.24, 2.45) is 0 Å². The Labute approximate surface area is 294 Å². The molecular weight excluding hydrogens is 805 g/mol. The zero-order chi connectivity index (χ0) is 41.4. The first-order valence-electron chi connectivity index (χ1n) is 15.7. The van der Waals surface area contributed by atoms with E-state index in [1.54, 1.807) is 32.7 Å². The second-order valence-corrected chi connectivity index (χ2v) is 26.1. The summed E-state index contributed by atoms with van der Waals surface area (Å²) in [6.07, 6.45) is -37.1. The maximum atomic E-state index is 13.9. The average Bonchev–Trinajstić information content (AvgIpc) is 2.90. The summed E-state index contributed by atoms with van der Waals surface area (Å²) in [6, 6.07) is -0.0551. The number of rotatable bonds is 25. The van der Waals surface area contributed by atoms with Crippen LogP contribution in [0.1, 0.15) is 45.4 Å². The number of ether oxygens (including phenoxy) is 2. The molecule has 0 spiro atoms. The molecule has 0 N–H and O–H groups in total. The summed E-state index contributed by atoms with van der Waals surface area (Å²) in [5.74, 6) is -11.9. The van der Waals surface area contributed by atoms with Gasteiger partial charge in [-0.1, -0.05) is 6.58 Å². The van der Waals surface area contributed by atoms with Crippen LogP contribution in [0.5, 0.6) is 0 Å². The number of carbonyl (C=O) groups excluding carboxylic acids is 1. The Morgan fingerprint density at radius 2 is 0.923 bits per heavy atom. The molecule has 0 saturated heterocycles. The van der Waals surface area contributed by atoms with Crippen LogP contribution in [0, 0.1) is 0 Å². The lowest BCUT2D eigenvalue weighted by atomic mass is 10.1. The van der Waals surface area contributed by atoms with Gasteiger partial charge in [0.25, 0.3) is 0 Å². The molecule has 0 aromatic carbocycles. The molecule has 0 aromatic heterocycles. The fourth-order valence-corrected chi connectivity index (χ4v) is 19.1. The molecule has 5 nitrogen and oxygen atoms in total. The zero-order valence-corrected chi connectivity index (χ0v) is 32.2. The van der Waals surface area contributed by atoms with Crippen molar-refractivity contribution in [3.05, 3.63) is 12.2 Å². The van der Waals surface area contributed by atoms with Gasteiger partial charge in [0, 0.05) is 6.42 Å². The van der Waals surface area contributed by atoms with E-state index in [9.17, 15) is 75.0 Å². The third kappa shape index (κ3) is 17.5. The van der Waals surface area contributed by atoms with Crippen LogP contribution in [0.4, 0.5) is 70.2 Å². The Bertz CT molecular complexity index is 1080. The second-order valence-electron chi connectivity index (χ2n) is 13.7. The third-order valence-electron chi connectivity index (χ3n) is 7.29. The van der Waals surface area contributed by atoms with E-state index in [0.29, 0.717) is 0 Å². The van der Waals surface area contributed by atoms with Gasteiger partial charge in [-0.2, -0.15) is 61.5 Å². The summed E-state index contributed by atoms with van der Waals surface area (Å²) in [5.41, 5.74) is 0.245. The molecule has 0 radical (unpaired) electrons. The highest BCUT2D eigenvalue weighted by Gasteiger charge is 2.66. The van der Waals surface area contributed by atoms with Crippen molar-refractivity contribution in [3.63, 3.8) is 0 Å². The summed E-state index contributed by atoms with van der Waals surface area (Å²) in [7, 11) is -9.53. The Morgan fingerprint density at radius 1 is 0.596 bits per heavy atom. The number of hydrogen-bond acceptors (Lipinski definition) is 5. The lowest BCUT2D eigenvalue weighted by molar-refractivity contribution is -0.366. The molecule has 0 aliphatic carbocycles. The van der Waals surface area contributed by atoms with E-state index in [0.717, 1.165) is 0 Å². The third-order valence-corrected chi connectivity index (χ3v) is 19.5. The molecule has 52 heavy (non-hydrogen) atoms. The van der Waals surface area contributed by atoms with Crippen LogP contribution in [0.3, 0.4) is 0 Å². The minimum Gasteiger partial charge on any atom is -0.436 e. The first-order valence-corrected chi connectivity index (χ1v) is 24.5. The van der Waals surface area contributed by atoms with E-state index in [2.05, 4.69) is 16.1 Å². The second kappa shape index (κ2) is 18.6. The average molecular weight is 849 g/mol. The monoisotopic (exact) mass is 848 g/mol. The van der Waals surface area contributed by atoms with Crippen molar-refractivity contribution in [1.82, 2.24) is 0 Å². The van der Waals surface area contributed by atoms with Crippen LogP contribution in [0.2, 0.25) is 50.9 Å². The first kappa shape index (κ1) is 50.8. The normalized spacial score (nSPS) is 16.8. The molecule has 0 heterocycles. The van der Waals surface area contributed by atoms with Crippen molar-refractivity contribution >= 4 is 31.0 Å². The maximum Gasteiger partial charge on any atom is 0.422 e. The van der Waals surface area contributed by atoms with Crippen LogP contribution in [-0.4, -0.2) is 93.0 Å². The Morgan fingerprint density at radius 3 is 1.21 bits per heavy atom. The largest absolute Gasteiger partial charge is 0.436 e. The molecule has 24 heteroatoms. The topological polar surface area (TPSA) is 54.0 Å². The molecule has 310 valence electrons. The fourth-order valence-electron chi connectivity index (χ4n) is 4.79. The highest BCUT2D eigenvalue weighted by atomic mass is 28.5. The summed E-state index contributed by atoms with van der Waals surface area (Å²) in [6.45, 7) is 10.5. The molecule has 0 bridgehead atoms. The minimum atomic E-state index is -5.81. The van der Waals surface area contributed by atoms with E-state index < -0.39 is 113 Å². The number of Topliss-reactive ketones (excluding diaryl/α,β-unsaturated/α-hetero) is 1. The van der Waals surface area contributed by atoms with Crippen molar-refractivity contribution in [3.8, 4) is 0 Å². The minimum absolute atomic E-state index is 0.00329. The van der Waals surface area contributed by atoms with Crippen LogP contribution < -0.4 is 0 Å². The number of hydrogen-bond donors (Lipinski definition) is 0. The standard InChI is InChI=1S/C28H44F16O5Si3/c1-19(2)20(45)11-8-16-52(7,48-50(3,4)14-9-12-46-27(41,42)25(37,38)21(29)17-23(31,32)33)49-51(5,6)15-10-13-47-28(43,44)26(39,40)22(30)18-24(34,35)36/h21-22H,1,8-18H2,2-7H3. The summed E-state index contributed by atoms with van der Waals surface area (Å²) >= 11 is 0. The van der Waals surface area contributed by atoms with Crippen molar-refractivity contribution in [2.45, 2.75) is 145 Å². The number of ketones is 1. The Kier molecular flexibility index (Phi) is 18.2. The molecule has 0 saturated carbocycles. The predicted molar refractivity (Wildman–Crippen MR) is 164 cm³/mol. The fraction of sp³-hybridized carbons (Fsp3) is 0.893. The molecule has 0 rings (SSSR count). The van der Waals surface area contributed by atoms with Gasteiger partial charge in [0.2, 0.25) is 0 Å². The predicted octanol–water partition coefficient (Wildman–Crippen LogP) is 11.3. The summed E-state index contributed by atoms with van der Waals surface area (Å²) < 4.78 is 232. The number of alkyl halides is 16. The van der Waals surface area contributed by atoms with E-state index in [-0.39, 0.29) is 42.3 Å². The SMILES string of the molecule is C=C(C)C(=O)CCC[Si](C)(O[Si](C)(C)CCCOC(F)(F)C(F)(F)C(F)CC(F)(F)F)O[Si](C)(C)CCCOC(F)(F)C(F)(F)C(F)CC(F)(F)F. The van der Waals surface area contributed by atoms with Gasteiger partial charge in [0.15, 0.2) is 34.8 Å². The summed E-state index contributed by atoms with van der Waals surface area (Å²) in [4.78, 5) is 12.1. The van der Waals surface area contributed by atoms with Crippen LogP contribution in [-0.2, 0) is 22.5 Å². The van der Waals surface area contributed by atoms with Crippen LogP contribution in [0.15, 0.2) is 12.2 Å². The van der Waals surface area contributed by atoms with Crippen LogP contribution in [0.25, 0.3) is 0 Å². The van der Waals surface area contributed by atoms with Gasteiger partial charge in [-0.15, -0.1) is 0 Å². The van der Waals surface area contributed by atoms with Gasteiger partial charge < -0.3 is 17.7 Å². The molecular formula is C28H44F16O5Si3. The van der Waals surface area contributed by atoms with Crippen molar-refractivity contribution in [2.75, 3.05) is 13.2 Å². The van der Waals surface area contributed by atoms with Gasteiger partial charge in [-0.3, -0.25) is 4.79 Å². The Hall–Kier alpha value is -1.22.